The summed E-state index contributed by atoms with van der Waals surface area (Å²) in [5.74, 6) is -1.22. The zero-order chi connectivity index (χ0) is 12.9. The van der Waals surface area contributed by atoms with Gasteiger partial charge in [0.1, 0.15) is 0 Å². The van der Waals surface area contributed by atoms with Crippen LogP contribution < -0.4 is 5.32 Å². The summed E-state index contributed by atoms with van der Waals surface area (Å²) in [4.78, 5) is 22.1. The van der Waals surface area contributed by atoms with Crippen LogP contribution >= 0.6 is 0 Å². The van der Waals surface area contributed by atoms with Gasteiger partial charge in [0.15, 0.2) is 0 Å². The summed E-state index contributed by atoms with van der Waals surface area (Å²) in [6, 6.07) is 0. The Labute approximate surface area is 100 Å². The van der Waals surface area contributed by atoms with Crippen LogP contribution in [0.15, 0.2) is 0 Å². The van der Waals surface area contributed by atoms with Crippen LogP contribution in [0, 0.1) is 0 Å². The van der Waals surface area contributed by atoms with Crippen molar-refractivity contribution in [2.24, 2.45) is 0 Å². The molecule has 0 atom stereocenters. The minimum Gasteiger partial charge on any atom is -0.469 e. The molecular formula is C9H16N2O5S. The number of nitrogens with zero attached hydrogens (tertiary/aromatic N) is 1. The molecule has 0 saturated carbocycles. The van der Waals surface area contributed by atoms with Crippen molar-refractivity contribution in [2.45, 2.75) is 12.8 Å². The second-order valence-corrected chi connectivity index (χ2v) is 5.77. The number of carbonyl (C=O) groups excluding carboxylic acids is 2. The Hall–Kier alpha value is -1.15. The lowest BCUT2D eigenvalue weighted by Crippen LogP contribution is -2.39. The predicted molar refractivity (Wildman–Crippen MR) is 59.6 cm³/mol. The van der Waals surface area contributed by atoms with Crippen molar-refractivity contribution in [3.8, 4) is 0 Å². The summed E-state index contributed by atoms with van der Waals surface area (Å²) in [7, 11) is -2.37. The van der Waals surface area contributed by atoms with E-state index in [0.717, 1.165) is 4.31 Å². The Bertz CT molecular complexity index is 392. The highest BCUT2D eigenvalue weighted by Gasteiger charge is 2.26. The highest BCUT2D eigenvalue weighted by atomic mass is 32.2. The summed E-state index contributed by atoms with van der Waals surface area (Å²) in [6.07, 6.45) is 0.375. The Morgan fingerprint density at radius 1 is 1.53 bits per heavy atom. The number of rotatable bonds is 4. The normalized spacial score (nSPS) is 18.3. The number of hydrogen-bond donors (Lipinski definition) is 1. The molecule has 1 aliphatic heterocycles. The molecule has 1 saturated heterocycles. The van der Waals surface area contributed by atoms with Crippen molar-refractivity contribution in [3.05, 3.63) is 0 Å². The fraction of sp³-hybridized carbons (Fsp3) is 0.778. The standard InChI is InChI=1S/C9H16N2O5S/c1-16-9(13)3-6-17(14,15)11-5-2-4-10-8(12)7-11/h2-7H2,1H3,(H,10,12). The van der Waals surface area contributed by atoms with Gasteiger partial charge in [-0.15, -0.1) is 0 Å². The molecule has 0 aromatic rings. The molecule has 98 valence electrons. The molecule has 1 amide bonds. The van der Waals surface area contributed by atoms with Gasteiger partial charge in [0.25, 0.3) is 0 Å². The first-order chi connectivity index (χ1) is 7.95. The molecule has 0 unspecified atom stereocenters. The van der Waals surface area contributed by atoms with Crippen LogP contribution in [0.1, 0.15) is 12.8 Å². The predicted octanol–water partition coefficient (Wildman–Crippen LogP) is -1.30. The second kappa shape index (κ2) is 5.97. The smallest absolute Gasteiger partial charge is 0.306 e. The third kappa shape index (κ3) is 4.31. The van der Waals surface area contributed by atoms with E-state index in [4.69, 9.17) is 0 Å². The lowest BCUT2D eigenvalue weighted by molar-refractivity contribution is -0.140. The molecule has 0 aliphatic carbocycles. The molecule has 0 aromatic heterocycles. The summed E-state index contributed by atoms with van der Waals surface area (Å²) in [5.41, 5.74) is 0. The van der Waals surface area contributed by atoms with Gasteiger partial charge in [-0.05, 0) is 6.42 Å². The number of sulfonamides is 1. The maximum Gasteiger partial charge on any atom is 0.306 e. The fourth-order valence-electron chi connectivity index (χ4n) is 1.46. The minimum absolute atomic E-state index is 0.177. The molecule has 1 fully saturated rings. The van der Waals surface area contributed by atoms with Gasteiger partial charge in [0.2, 0.25) is 15.9 Å². The van der Waals surface area contributed by atoms with Gasteiger partial charge in [-0.1, -0.05) is 0 Å². The molecule has 17 heavy (non-hydrogen) atoms. The first-order valence-corrected chi connectivity index (χ1v) is 6.88. The average Bonchev–Trinajstić information content (AvgIpc) is 2.51. The molecule has 8 heteroatoms. The van der Waals surface area contributed by atoms with Crippen molar-refractivity contribution in [1.82, 2.24) is 9.62 Å². The van der Waals surface area contributed by atoms with Crippen LogP contribution in [0.3, 0.4) is 0 Å². The van der Waals surface area contributed by atoms with Gasteiger partial charge in [-0.25, -0.2) is 8.42 Å². The molecule has 1 rings (SSSR count). The zero-order valence-corrected chi connectivity index (χ0v) is 10.5. The SMILES string of the molecule is COC(=O)CCS(=O)(=O)N1CCCNC(=O)C1. The Morgan fingerprint density at radius 3 is 2.88 bits per heavy atom. The van der Waals surface area contributed by atoms with E-state index in [-0.39, 0.29) is 24.6 Å². The molecule has 1 aliphatic rings. The molecule has 0 bridgehead atoms. The van der Waals surface area contributed by atoms with Crippen molar-refractivity contribution in [1.29, 1.82) is 0 Å². The third-order valence-corrected chi connectivity index (χ3v) is 4.23. The summed E-state index contributed by atoms with van der Waals surface area (Å²) < 4.78 is 29.2. The number of amides is 1. The maximum absolute atomic E-state index is 11.8. The lowest BCUT2D eigenvalue weighted by Gasteiger charge is -2.18. The molecule has 7 nitrogen and oxygen atoms in total. The fourth-order valence-corrected chi connectivity index (χ4v) is 2.86. The van der Waals surface area contributed by atoms with Crippen molar-refractivity contribution < 1.29 is 22.7 Å². The molecule has 0 radical (unpaired) electrons. The topological polar surface area (TPSA) is 92.8 Å². The maximum atomic E-state index is 11.8. The van der Waals surface area contributed by atoms with E-state index in [1.807, 2.05) is 0 Å². The van der Waals surface area contributed by atoms with E-state index >= 15 is 0 Å². The van der Waals surface area contributed by atoms with Crippen molar-refractivity contribution in [2.75, 3.05) is 32.5 Å². The third-order valence-electron chi connectivity index (χ3n) is 2.41. The number of carbonyl (C=O) groups is 2. The van der Waals surface area contributed by atoms with Crippen LogP contribution in [0.5, 0.6) is 0 Å². The van der Waals surface area contributed by atoms with E-state index in [2.05, 4.69) is 10.1 Å². The first-order valence-electron chi connectivity index (χ1n) is 5.27. The van der Waals surface area contributed by atoms with E-state index in [1.54, 1.807) is 0 Å². The van der Waals surface area contributed by atoms with Crippen LogP contribution in [-0.4, -0.2) is 57.1 Å². The van der Waals surface area contributed by atoms with E-state index in [9.17, 15) is 18.0 Å². The lowest BCUT2D eigenvalue weighted by atomic mass is 10.4. The van der Waals surface area contributed by atoms with Gasteiger partial charge in [-0.2, -0.15) is 4.31 Å². The van der Waals surface area contributed by atoms with Gasteiger partial charge < -0.3 is 10.1 Å². The summed E-state index contributed by atoms with van der Waals surface area (Å²) in [5, 5.41) is 2.59. The van der Waals surface area contributed by atoms with E-state index in [1.165, 1.54) is 7.11 Å². The number of methoxy groups -OCH3 is 1. The first kappa shape index (κ1) is 13.9. The van der Waals surface area contributed by atoms with E-state index in [0.29, 0.717) is 19.5 Å². The summed E-state index contributed by atoms with van der Waals surface area (Å²) >= 11 is 0. The Kier molecular flexibility index (Phi) is 4.88. The zero-order valence-electron chi connectivity index (χ0n) is 9.64. The Balaban J connectivity index is 2.61. The van der Waals surface area contributed by atoms with Crippen LogP contribution in [0.2, 0.25) is 0 Å². The average molecular weight is 264 g/mol. The largest absolute Gasteiger partial charge is 0.469 e. The van der Waals surface area contributed by atoms with Gasteiger partial charge in [-0.3, -0.25) is 9.59 Å². The van der Waals surface area contributed by atoms with Crippen LogP contribution in [-0.2, 0) is 24.3 Å². The highest BCUT2D eigenvalue weighted by Crippen LogP contribution is 2.07. The monoisotopic (exact) mass is 264 g/mol. The van der Waals surface area contributed by atoms with Gasteiger partial charge in [0, 0.05) is 13.1 Å². The van der Waals surface area contributed by atoms with Crippen LogP contribution in [0.25, 0.3) is 0 Å². The van der Waals surface area contributed by atoms with E-state index < -0.39 is 16.0 Å². The Morgan fingerprint density at radius 2 is 2.24 bits per heavy atom. The second-order valence-electron chi connectivity index (χ2n) is 3.68. The number of ether oxygens (including phenoxy) is 1. The number of hydrogen-bond acceptors (Lipinski definition) is 5. The summed E-state index contributed by atoms with van der Waals surface area (Å²) in [6.45, 7) is 0.591. The number of esters is 1. The van der Waals surface area contributed by atoms with Crippen molar-refractivity contribution >= 4 is 21.9 Å². The highest BCUT2D eigenvalue weighted by molar-refractivity contribution is 7.89. The molecule has 0 spiro atoms. The molecule has 1 N–H and O–H groups in total. The van der Waals surface area contributed by atoms with Gasteiger partial charge >= 0.3 is 5.97 Å². The van der Waals surface area contributed by atoms with Crippen LogP contribution in [0.4, 0.5) is 0 Å². The number of nitrogens with one attached hydrogen (secondary N) is 1. The molecule has 1 heterocycles. The van der Waals surface area contributed by atoms with Gasteiger partial charge in [0.05, 0.1) is 25.8 Å². The van der Waals surface area contributed by atoms with Crippen molar-refractivity contribution in [3.63, 3.8) is 0 Å². The minimum atomic E-state index is -3.57. The quantitative estimate of drug-likeness (QED) is 0.637. The molecule has 0 aromatic carbocycles. The molecular weight excluding hydrogens is 248 g/mol.